The van der Waals surface area contributed by atoms with Crippen molar-refractivity contribution in [3.8, 4) is 0 Å². The first-order valence-electron chi connectivity index (χ1n) is 32.9. The van der Waals surface area contributed by atoms with E-state index >= 15 is 0 Å². The summed E-state index contributed by atoms with van der Waals surface area (Å²) in [4.78, 5) is 14.8. The number of fused-ring (bicyclic) bond motifs is 6. The Balaban J connectivity index is 0.000000151. The minimum absolute atomic E-state index is 0.113. The minimum atomic E-state index is -0.125. The third kappa shape index (κ3) is 19.9. The Bertz CT molecular complexity index is 3060. The molecular formula is C79H113F3N6. The summed E-state index contributed by atoms with van der Waals surface area (Å²) in [7, 11) is 0. The van der Waals surface area contributed by atoms with Crippen LogP contribution in [0.25, 0.3) is 0 Å². The average molecular weight is 1200 g/mol. The molecule has 480 valence electrons. The van der Waals surface area contributed by atoms with Crippen molar-refractivity contribution in [1.29, 1.82) is 0 Å². The number of aryl methyl sites for hydroxylation is 3. The molecule has 88 heavy (non-hydrogen) atoms. The Labute approximate surface area is 532 Å². The van der Waals surface area contributed by atoms with Crippen molar-refractivity contribution in [1.82, 2.24) is 29.4 Å². The molecule has 6 aliphatic heterocycles. The minimum Gasteiger partial charge on any atom is -0.294 e. The second-order valence-corrected chi connectivity index (χ2v) is 32.0. The Morgan fingerprint density at radius 1 is 0.227 bits per heavy atom. The van der Waals surface area contributed by atoms with Crippen LogP contribution in [0.4, 0.5) is 13.2 Å². The number of benzene rings is 6. The molecule has 6 nitrogen and oxygen atoms in total. The molecule has 0 spiro atoms. The van der Waals surface area contributed by atoms with Gasteiger partial charge in [-0.25, -0.2) is 13.2 Å². The summed E-state index contributed by atoms with van der Waals surface area (Å²) in [5.41, 5.74) is 22.0. The molecule has 0 aliphatic carbocycles. The maximum absolute atomic E-state index is 13.1. The zero-order chi connectivity index (χ0) is 64.9. The fourth-order valence-corrected chi connectivity index (χ4v) is 12.5. The Hall–Kier alpha value is -5.13. The molecule has 9 heteroatoms. The fraction of sp³-hybridized carbons (Fsp3) is 0.544. The second kappa shape index (κ2) is 28.6. The van der Waals surface area contributed by atoms with Crippen LogP contribution in [0.3, 0.4) is 0 Å². The summed E-state index contributed by atoms with van der Waals surface area (Å²) >= 11 is 0. The average Bonchev–Trinajstić information content (AvgIpc) is 1.79. The molecule has 0 saturated heterocycles. The van der Waals surface area contributed by atoms with E-state index in [9.17, 15) is 13.2 Å². The molecule has 0 amide bonds. The first kappa shape index (κ1) is 70.3. The molecule has 0 saturated carbocycles. The highest BCUT2D eigenvalue weighted by atomic mass is 19.1. The summed E-state index contributed by atoms with van der Waals surface area (Å²) < 4.78 is 39.1. The van der Waals surface area contributed by atoms with E-state index in [0.29, 0.717) is 11.1 Å². The van der Waals surface area contributed by atoms with Gasteiger partial charge >= 0.3 is 0 Å². The van der Waals surface area contributed by atoms with Crippen molar-refractivity contribution >= 4 is 0 Å². The second-order valence-electron chi connectivity index (χ2n) is 32.0. The smallest absolute Gasteiger partial charge is 0.123 e. The van der Waals surface area contributed by atoms with Crippen LogP contribution in [0, 0.1) is 38.2 Å². The molecule has 0 fully saturated rings. The molecule has 6 aromatic rings. The molecule has 0 atom stereocenters. The van der Waals surface area contributed by atoms with Gasteiger partial charge in [0.25, 0.3) is 0 Å². The lowest BCUT2D eigenvalue weighted by molar-refractivity contribution is 0.120. The molecule has 0 radical (unpaired) electrons. The lowest BCUT2D eigenvalue weighted by Gasteiger charge is -2.39. The molecule has 0 aromatic heterocycles. The summed E-state index contributed by atoms with van der Waals surface area (Å²) in [6.45, 7) is 59.6. The van der Waals surface area contributed by atoms with Gasteiger partial charge in [-0.1, -0.05) is 89.5 Å². The van der Waals surface area contributed by atoms with Crippen molar-refractivity contribution in [2.75, 3.05) is 26.2 Å². The van der Waals surface area contributed by atoms with Crippen LogP contribution in [0.1, 0.15) is 208 Å². The molecule has 6 heterocycles. The Morgan fingerprint density at radius 3 is 0.761 bits per heavy atom. The van der Waals surface area contributed by atoms with Gasteiger partial charge in [0.2, 0.25) is 0 Å². The lowest BCUT2D eigenvalue weighted by atomic mass is 9.94. The molecule has 6 aromatic carbocycles. The van der Waals surface area contributed by atoms with E-state index in [-0.39, 0.29) is 39.6 Å². The van der Waals surface area contributed by atoms with E-state index in [1.54, 1.807) is 47.5 Å². The third-order valence-electron chi connectivity index (χ3n) is 18.8. The van der Waals surface area contributed by atoms with Crippen LogP contribution in [-0.4, -0.2) is 88.8 Å². The van der Waals surface area contributed by atoms with E-state index in [1.165, 1.54) is 87.1 Å². The Kier molecular flexibility index (Phi) is 22.8. The first-order chi connectivity index (χ1) is 40.8. The van der Waals surface area contributed by atoms with E-state index in [4.69, 9.17) is 0 Å². The van der Waals surface area contributed by atoms with Crippen molar-refractivity contribution in [2.24, 2.45) is 0 Å². The maximum atomic E-state index is 13.1. The van der Waals surface area contributed by atoms with E-state index in [0.717, 1.165) is 89.4 Å². The van der Waals surface area contributed by atoms with Crippen LogP contribution in [0.15, 0.2) is 109 Å². The third-order valence-corrected chi connectivity index (χ3v) is 18.8. The van der Waals surface area contributed by atoms with Gasteiger partial charge in [-0.15, -0.1) is 0 Å². The summed E-state index contributed by atoms with van der Waals surface area (Å²) in [6.07, 6.45) is 4.40. The Morgan fingerprint density at radius 2 is 0.420 bits per heavy atom. The van der Waals surface area contributed by atoms with Crippen molar-refractivity contribution < 1.29 is 13.2 Å². The number of hydrogen-bond donors (Lipinski definition) is 0. The van der Waals surface area contributed by atoms with Gasteiger partial charge in [0.15, 0.2) is 0 Å². The highest BCUT2D eigenvalue weighted by Crippen LogP contribution is 2.33. The van der Waals surface area contributed by atoms with E-state index < -0.39 is 0 Å². The quantitative estimate of drug-likeness (QED) is 0.150. The van der Waals surface area contributed by atoms with Gasteiger partial charge in [0, 0.05) is 112 Å². The first-order valence-corrected chi connectivity index (χ1v) is 32.9. The van der Waals surface area contributed by atoms with Gasteiger partial charge in [-0.05, 0) is 274 Å². The predicted molar refractivity (Wildman–Crippen MR) is 366 cm³/mol. The SMILES string of the molecule is CC(C)(C)N1CCc2cc(F)ccc2C1.CC(C)(C)N1CCc2ccc(F)cc2C1.CC(C)(C)N1Cc2ccc(F)cc2C1.Cc1ccc2c(c1)CCN(C(C)(C)C)C2.Cc1ccc2c(c1)CN(C(C)(C)C)C2.Cc1ccc2c(c1)CN(C(C)(C)C)CC2. The van der Waals surface area contributed by atoms with Crippen molar-refractivity contribution in [3.63, 3.8) is 0 Å². The number of hydrogen-bond acceptors (Lipinski definition) is 6. The van der Waals surface area contributed by atoms with Gasteiger partial charge in [-0.2, -0.15) is 0 Å². The fourth-order valence-electron chi connectivity index (χ4n) is 12.5. The molecule has 0 N–H and O–H groups in total. The van der Waals surface area contributed by atoms with Crippen LogP contribution < -0.4 is 0 Å². The van der Waals surface area contributed by atoms with Crippen LogP contribution in [0.5, 0.6) is 0 Å². The number of nitrogens with zero attached hydrogens (tertiary/aromatic N) is 6. The normalized spacial score (nSPS) is 17.5. The highest BCUT2D eigenvalue weighted by Gasteiger charge is 2.32. The summed E-state index contributed by atoms with van der Waals surface area (Å²) in [5.74, 6) is -0.359. The van der Waals surface area contributed by atoms with Crippen molar-refractivity contribution in [3.05, 3.63) is 210 Å². The van der Waals surface area contributed by atoms with Gasteiger partial charge in [0.05, 0.1) is 0 Å². The molecular weight excluding hydrogens is 1090 g/mol. The largest absolute Gasteiger partial charge is 0.294 e. The van der Waals surface area contributed by atoms with E-state index in [2.05, 4.69) is 229 Å². The van der Waals surface area contributed by atoms with Crippen molar-refractivity contribution in [2.45, 2.75) is 257 Å². The molecule has 12 rings (SSSR count). The van der Waals surface area contributed by atoms with E-state index in [1.807, 2.05) is 18.2 Å². The molecule has 0 unspecified atom stereocenters. The standard InChI is InChI=1S/2C14H21N.2C13H18FN.C13H19N.C12H16FN/c1-11-5-6-13-10-15(14(2,3)4)8-7-12(13)9-11;1-11-5-6-12-7-8-15(14(2,3)4)10-13(12)9-11;1-13(2,3)15-7-6-10-8-12(14)5-4-11(10)9-15;1-13(2,3)15-7-6-10-4-5-12(14)8-11(10)9-15;1-10-5-6-11-8-14(13(2,3)4)9-12(11)7-10;1-12(2,3)14-7-9-4-5-11(13)6-10(9)8-14/h2*5-6,9H,7-8,10H2,1-4H3;2*4-5,8H,6-7,9H2,1-3H3;5-7H,8-9H2,1-4H3;4-6H,7-8H2,1-3H3. The number of halogens is 3. The van der Waals surface area contributed by atoms with Crippen LogP contribution in [0.2, 0.25) is 0 Å². The zero-order valence-corrected chi connectivity index (χ0v) is 58.5. The molecule has 0 bridgehead atoms. The highest BCUT2D eigenvalue weighted by molar-refractivity contribution is 5.37. The van der Waals surface area contributed by atoms with Crippen LogP contribution in [-0.2, 0) is 78.0 Å². The predicted octanol–water partition coefficient (Wildman–Crippen LogP) is 18.3. The topological polar surface area (TPSA) is 19.4 Å². The molecule has 6 aliphatic rings. The van der Waals surface area contributed by atoms with Crippen LogP contribution >= 0.6 is 0 Å². The number of rotatable bonds is 0. The maximum Gasteiger partial charge on any atom is 0.123 e. The lowest BCUT2D eigenvalue weighted by Crippen LogP contribution is -2.44. The summed E-state index contributed by atoms with van der Waals surface area (Å²) in [5, 5.41) is 0. The van der Waals surface area contributed by atoms with Gasteiger partial charge in [-0.3, -0.25) is 29.4 Å². The van der Waals surface area contributed by atoms with Gasteiger partial charge < -0.3 is 0 Å². The zero-order valence-electron chi connectivity index (χ0n) is 58.5. The van der Waals surface area contributed by atoms with Gasteiger partial charge in [0.1, 0.15) is 17.5 Å². The summed E-state index contributed by atoms with van der Waals surface area (Å²) in [6, 6.07) is 35.9. The monoisotopic (exact) mass is 1200 g/mol.